The van der Waals surface area contributed by atoms with Crippen molar-refractivity contribution >= 4 is 27.5 Å². The van der Waals surface area contributed by atoms with Crippen LogP contribution >= 0.6 is 0 Å². The maximum absolute atomic E-state index is 3.59. The van der Waals surface area contributed by atoms with Crippen LogP contribution in [0, 0.1) is 0 Å². The number of rotatable bonds is 6. The van der Waals surface area contributed by atoms with Gasteiger partial charge in [-0.1, -0.05) is 127 Å². The highest BCUT2D eigenvalue weighted by Gasteiger charge is 2.17. The summed E-state index contributed by atoms with van der Waals surface area (Å²) in [6.07, 6.45) is 7.84. The number of hydrogen-bond donors (Lipinski definition) is 1. The minimum Gasteiger partial charge on any atom is -0.356 e. The fourth-order valence-corrected chi connectivity index (χ4v) is 6.56. The highest BCUT2D eigenvalue weighted by atomic mass is 15.0. The van der Waals surface area contributed by atoms with Crippen LogP contribution < -0.4 is 5.32 Å². The Hall–Kier alpha value is -5.60. The monoisotopic (exact) mass is 564 g/mol. The number of nitrogens with zero attached hydrogens (tertiary/aromatic N) is 1. The average molecular weight is 565 g/mol. The van der Waals surface area contributed by atoms with Gasteiger partial charge in [0, 0.05) is 33.8 Å². The van der Waals surface area contributed by atoms with Crippen molar-refractivity contribution < 1.29 is 0 Å². The minimum atomic E-state index is 0.328. The second kappa shape index (κ2) is 11.2. The van der Waals surface area contributed by atoms with E-state index in [4.69, 9.17) is 0 Å². The Morgan fingerprint density at radius 2 is 1.11 bits per heavy atom. The van der Waals surface area contributed by atoms with Gasteiger partial charge in [-0.3, -0.25) is 0 Å². The zero-order valence-electron chi connectivity index (χ0n) is 24.4. The van der Waals surface area contributed by atoms with Gasteiger partial charge in [0.2, 0.25) is 0 Å². The molecular formula is C42H32N2. The predicted octanol–water partition coefficient (Wildman–Crippen LogP) is 11.2. The number of hydrogen-bond acceptors (Lipinski definition) is 1. The van der Waals surface area contributed by atoms with Crippen molar-refractivity contribution in [1.82, 2.24) is 4.57 Å². The summed E-state index contributed by atoms with van der Waals surface area (Å²) in [5.41, 5.74) is 12.2. The Labute approximate surface area is 258 Å². The van der Waals surface area contributed by atoms with Crippen molar-refractivity contribution in [2.45, 2.75) is 12.3 Å². The molecule has 0 spiro atoms. The summed E-state index contributed by atoms with van der Waals surface area (Å²) in [4.78, 5) is 0. The maximum atomic E-state index is 3.59. The van der Waals surface area contributed by atoms with Crippen LogP contribution in [0.15, 0.2) is 176 Å². The van der Waals surface area contributed by atoms with E-state index in [2.05, 4.69) is 180 Å². The van der Waals surface area contributed by atoms with Crippen LogP contribution in [-0.4, -0.2) is 4.57 Å². The van der Waals surface area contributed by atoms with E-state index in [0.717, 1.165) is 17.8 Å². The lowest BCUT2D eigenvalue weighted by Crippen LogP contribution is -2.05. The van der Waals surface area contributed by atoms with Gasteiger partial charge in [0.25, 0.3) is 0 Å². The zero-order chi connectivity index (χ0) is 29.3. The molecule has 7 aromatic rings. The van der Waals surface area contributed by atoms with E-state index in [1.807, 2.05) is 0 Å². The van der Waals surface area contributed by atoms with Crippen LogP contribution in [0.3, 0.4) is 0 Å². The van der Waals surface area contributed by atoms with Crippen molar-refractivity contribution in [3.05, 3.63) is 181 Å². The molecule has 2 nitrogen and oxygen atoms in total. The summed E-state index contributed by atoms with van der Waals surface area (Å²) < 4.78 is 2.37. The minimum absolute atomic E-state index is 0.328. The van der Waals surface area contributed by atoms with Gasteiger partial charge in [-0.05, 0) is 76.7 Å². The van der Waals surface area contributed by atoms with Crippen molar-refractivity contribution in [3.63, 3.8) is 0 Å². The first-order valence-electron chi connectivity index (χ1n) is 15.3. The fraction of sp³-hybridized carbons (Fsp3) is 0.0476. The molecule has 0 radical (unpaired) electrons. The van der Waals surface area contributed by atoms with Crippen LogP contribution in [0.25, 0.3) is 49.7 Å². The second-order valence-electron chi connectivity index (χ2n) is 11.4. The smallest absolute Gasteiger partial charge is 0.0541 e. The average Bonchev–Trinajstić information content (AvgIpc) is 3.44. The molecule has 1 atom stereocenters. The van der Waals surface area contributed by atoms with Gasteiger partial charge in [-0.25, -0.2) is 0 Å². The summed E-state index contributed by atoms with van der Waals surface area (Å²) in [6, 6.07) is 54.4. The van der Waals surface area contributed by atoms with Crippen LogP contribution in [0.2, 0.25) is 0 Å². The molecule has 44 heavy (non-hydrogen) atoms. The summed E-state index contributed by atoms with van der Waals surface area (Å²) in [7, 11) is 0. The maximum Gasteiger partial charge on any atom is 0.0541 e. The highest BCUT2D eigenvalue weighted by molar-refractivity contribution is 6.09. The van der Waals surface area contributed by atoms with Crippen molar-refractivity contribution in [2.24, 2.45) is 0 Å². The summed E-state index contributed by atoms with van der Waals surface area (Å²) in [6.45, 7) is 0. The molecule has 1 unspecified atom stereocenters. The third kappa shape index (κ3) is 4.81. The third-order valence-electron chi connectivity index (χ3n) is 8.76. The lowest BCUT2D eigenvalue weighted by Gasteiger charge is -2.21. The molecule has 2 heteroatoms. The van der Waals surface area contributed by atoms with E-state index < -0.39 is 0 Å². The molecule has 0 fully saturated rings. The van der Waals surface area contributed by atoms with E-state index in [1.54, 1.807) is 0 Å². The van der Waals surface area contributed by atoms with Crippen LogP contribution in [0.4, 0.5) is 5.69 Å². The number of para-hydroxylation sites is 2. The molecule has 0 bridgehead atoms. The number of benzene rings is 6. The van der Waals surface area contributed by atoms with E-state index in [9.17, 15) is 0 Å². The zero-order valence-corrected chi connectivity index (χ0v) is 24.4. The molecule has 6 aromatic carbocycles. The molecule has 1 aromatic heterocycles. The Kier molecular flexibility index (Phi) is 6.66. The van der Waals surface area contributed by atoms with Gasteiger partial charge in [0.15, 0.2) is 0 Å². The largest absolute Gasteiger partial charge is 0.356 e. The van der Waals surface area contributed by atoms with Gasteiger partial charge in [-0.2, -0.15) is 0 Å². The van der Waals surface area contributed by atoms with Crippen molar-refractivity contribution in [3.8, 4) is 27.9 Å². The van der Waals surface area contributed by atoms with Crippen LogP contribution in [0.5, 0.6) is 0 Å². The van der Waals surface area contributed by atoms with E-state index >= 15 is 0 Å². The standard InChI is InChI=1S/C42H32N2/c1-2-10-30(11-3-1)31-18-24-34(25-19-31)43-35-26-20-32(21-27-35)37-12-4-5-13-38(37)33-22-28-36(29-23-33)44-41-16-8-6-14-39(41)40-15-7-9-17-42(40)44/h1-20,22-29,32,43H,21H2. The summed E-state index contributed by atoms with van der Waals surface area (Å²) in [5, 5.41) is 6.16. The molecule has 1 aliphatic rings. The van der Waals surface area contributed by atoms with E-state index in [1.165, 1.54) is 55.3 Å². The fourth-order valence-electron chi connectivity index (χ4n) is 6.56. The number of allylic oxidation sites excluding steroid dienone is 3. The third-order valence-corrected chi connectivity index (χ3v) is 8.76. The lowest BCUT2D eigenvalue weighted by molar-refractivity contribution is 0.848. The number of aromatic nitrogens is 1. The second-order valence-corrected chi connectivity index (χ2v) is 11.4. The Bertz CT molecular complexity index is 2090. The molecule has 1 N–H and O–H groups in total. The topological polar surface area (TPSA) is 17.0 Å². The van der Waals surface area contributed by atoms with Gasteiger partial charge >= 0.3 is 0 Å². The molecule has 1 aliphatic carbocycles. The van der Waals surface area contributed by atoms with Gasteiger partial charge < -0.3 is 9.88 Å². The van der Waals surface area contributed by atoms with Crippen molar-refractivity contribution in [1.29, 1.82) is 0 Å². The number of fused-ring (bicyclic) bond motifs is 3. The van der Waals surface area contributed by atoms with E-state index in [-0.39, 0.29) is 0 Å². The molecule has 0 saturated heterocycles. The molecule has 210 valence electrons. The van der Waals surface area contributed by atoms with Gasteiger partial charge in [0.05, 0.1) is 11.0 Å². The Balaban J connectivity index is 1.02. The first kappa shape index (κ1) is 26.1. The van der Waals surface area contributed by atoms with Crippen molar-refractivity contribution in [2.75, 3.05) is 5.32 Å². The van der Waals surface area contributed by atoms with Crippen LogP contribution in [-0.2, 0) is 0 Å². The molecule has 8 rings (SSSR count). The molecule has 0 aliphatic heterocycles. The number of anilines is 1. The van der Waals surface area contributed by atoms with E-state index in [0.29, 0.717) is 5.92 Å². The number of nitrogens with one attached hydrogen (secondary N) is 1. The Morgan fingerprint density at radius 3 is 1.80 bits per heavy atom. The summed E-state index contributed by atoms with van der Waals surface area (Å²) >= 11 is 0. The first-order valence-corrected chi connectivity index (χ1v) is 15.3. The predicted molar refractivity (Wildman–Crippen MR) is 186 cm³/mol. The quantitative estimate of drug-likeness (QED) is 0.213. The normalized spacial score (nSPS) is 14.5. The molecule has 1 heterocycles. The van der Waals surface area contributed by atoms with Crippen LogP contribution in [0.1, 0.15) is 17.9 Å². The van der Waals surface area contributed by atoms with Gasteiger partial charge in [0.1, 0.15) is 0 Å². The van der Waals surface area contributed by atoms with Gasteiger partial charge in [-0.15, -0.1) is 0 Å². The molecule has 0 amide bonds. The first-order chi connectivity index (χ1) is 21.8. The Morgan fingerprint density at radius 1 is 0.523 bits per heavy atom. The molecule has 0 saturated carbocycles. The molecular weight excluding hydrogens is 532 g/mol. The lowest BCUT2D eigenvalue weighted by atomic mass is 9.86. The SMILES string of the molecule is C1=CC(c2ccccc2-c2ccc(-n3c4ccccc4c4ccccc43)cc2)CC=C1Nc1ccc(-c2ccccc2)cc1. The highest BCUT2D eigenvalue weighted by Crippen LogP contribution is 2.36. The summed E-state index contributed by atoms with van der Waals surface area (Å²) in [5.74, 6) is 0.328.